The van der Waals surface area contributed by atoms with Gasteiger partial charge in [0.05, 0.1) is 11.1 Å². The normalized spacial score (nSPS) is 15.3. The van der Waals surface area contributed by atoms with Crippen molar-refractivity contribution in [2.75, 3.05) is 23.7 Å². The molecule has 1 aliphatic heterocycles. The molecular weight excluding hydrogens is 328 g/mol. The first-order valence-corrected chi connectivity index (χ1v) is 8.65. The van der Waals surface area contributed by atoms with Gasteiger partial charge >= 0.3 is 0 Å². The number of carbonyl (C=O) groups is 1. The molecule has 4 rings (SSSR count). The highest BCUT2D eigenvalue weighted by Gasteiger charge is 2.23. The Labute approximate surface area is 151 Å². The predicted molar refractivity (Wildman–Crippen MR) is 101 cm³/mol. The molecule has 0 atom stereocenters. The molecule has 0 radical (unpaired) electrons. The first-order chi connectivity index (χ1) is 12.6. The minimum Gasteiger partial charge on any atom is -0.368 e. The zero-order valence-corrected chi connectivity index (χ0v) is 14.3. The maximum atomic E-state index is 11.9. The van der Waals surface area contributed by atoms with E-state index in [2.05, 4.69) is 14.9 Å². The van der Waals surface area contributed by atoms with Crippen molar-refractivity contribution < 1.29 is 4.79 Å². The van der Waals surface area contributed by atoms with Gasteiger partial charge in [0, 0.05) is 36.3 Å². The SMILES string of the molecule is NC(=O)c1cc(N2CCC(c3ccnc(N)n3)CC2)nc2ccccc12. The van der Waals surface area contributed by atoms with Crippen LogP contribution >= 0.6 is 0 Å². The van der Waals surface area contributed by atoms with Crippen molar-refractivity contribution in [1.29, 1.82) is 0 Å². The summed E-state index contributed by atoms with van der Waals surface area (Å²) in [6.07, 6.45) is 3.59. The van der Waals surface area contributed by atoms with E-state index in [-0.39, 0.29) is 0 Å². The number of para-hydroxylation sites is 1. The second-order valence-electron chi connectivity index (χ2n) is 6.51. The van der Waals surface area contributed by atoms with Gasteiger partial charge < -0.3 is 16.4 Å². The average molecular weight is 348 g/mol. The van der Waals surface area contributed by atoms with E-state index in [9.17, 15) is 4.79 Å². The Bertz CT molecular complexity index is 965. The number of primary amides is 1. The van der Waals surface area contributed by atoms with Crippen LogP contribution in [0.3, 0.4) is 0 Å². The van der Waals surface area contributed by atoms with Crippen LogP contribution < -0.4 is 16.4 Å². The zero-order chi connectivity index (χ0) is 18.1. The topological polar surface area (TPSA) is 111 Å². The number of aromatic nitrogens is 3. The molecule has 1 aromatic carbocycles. The summed E-state index contributed by atoms with van der Waals surface area (Å²) >= 11 is 0. The van der Waals surface area contributed by atoms with Crippen LogP contribution in [0.25, 0.3) is 10.9 Å². The maximum absolute atomic E-state index is 11.9. The molecule has 26 heavy (non-hydrogen) atoms. The summed E-state index contributed by atoms with van der Waals surface area (Å²) in [7, 11) is 0. The van der Waals surface area contributed by atoms with Crippen LogP contribution in [-0.4, -0.2) is 33.9 Å². The van der Waals surface area contributed by atoms with Crippen molar-refractivity contribution in [1.82, 2.24) is 15.0 Å². The van der Waals surface area contributed by atoms with Gasteiger partial charge in [0.25, 0.3) is 0 Å². The molecule has 132 valence electrons. The fourth-order valence-corrected chi connectivity index (χ4v) is 3.55. The first-order valence-electron chi connectivity index (χ1n) is 8.65. The third kappa shape index (κ3) is 3.03. The number of nitrogen functional groups attached to an aromatic ring is 1. The number of piperidine rings is 1. The Kier molecular flexibility index (Phi) is 4.12. The van der Waals surface area contributed by atoms with Crippen molar-refractivity contribution in [3.8, 4) is 0 Å². The highest BCUT2D eigenvalue weighted by atomic mass is 16.1. The van der Waals surface area contributed by atoms with Crippen LogP contribution in [0.15, 0.2) is 42.6 Å². The van der Waals surface area contributed by atoms with E-state index in [4.69, 9.17) is 16.5 Å². The van der Waals surface area contributed by atoms with Crippen molar-refractivity contribution in [2.24, 2.45) is 5.73 Å². The summed E-state index contributed by atoms with van der Waals surface area (Å²) in [6.45, 7) is 1.66. The molecule has 7 nitrogen and oxygen atoms in total. The standard InChI is InChI=1S/C19H20N6O/c20-18(26)14-11-17(23-16-4-2-1-3-13(14)16)25-9-6-12(7-10-25)15-5-8-22-19(21)24-15/h1-5,8,11-12H,6-7,9-10H2,(H2,20,26)(H2,21,22,24). The lowest BCUT2D eigenvalue weighted by molar-refractivity contribution is 0.100. The van der Waals surface area contributed by atoms with Gasteiger partial charge in [0.15, 0.2) is 0 Å². The zero-order valence-electron chi connectivity index (χ0n) is 14.3. The number of nitrogens with two attached hydrogens (primary N) is 2. The van der Waals surface area contributed by atoms with Crippen molar-refractivity contribution in [3.63, 3.8) is 0 Å². The number of benzene rings is 1. The maximum Gasteiger partial charge on any atom is 0.249 e. The number of fused-ring (bicyclic) bond motifs is 1. The molecule has 3 aromatic rings. The summed E-state index contributed by atoms with van der Waals surface area (Å²) in [4.78, 5) is 27.1. The second kappa shape index (κ2) is 6.59. The lowest BCUT2D eigenvalue weighted by atomic mass is 9.93. The summed E-state index contributed by atoms with van der Waals surface area (Å²) < 4.78 is 0. The number of anilines is 2. The van der Waals surface area contributed by atoms with Crippen molar-refractivity contribution in [3.05, 3.63) is 53.9 Å². The number of hydrogen-bond donors (Lipinski definition) is 2. The fraction of sp³-hybridized carbons (Fsp3) is 0.263. The molecule has 4 N–H and O–H groups in total. The third-order valence-corrected chi connectivity index (χ3v) is 4.90. The number of pyridine rings is 1. The number of carbonyl (C=O) groups excluding carboxylic acids is 1. The highest BCUT2D eigenvalue weighted by molar-refractivity contribution is 6.06. The largest absolute Gasteiger partial charge is 0.368 e. The van der Waals surface area contributed by atoms with Gasteiger partial charge in [-0.05, 0) is 31.0 Å². The Balaban J connectivity index is 1.59. The Morgan fingerprint density at radius 1 is 1.12 bits per heavy atom. The Morgan fingerprint density at radius 2 is 1.88 bits per heavy atom. The van der Waals surface area contributed by atoms with Crippen LogP contribution in [0.1, 0.15) is 34.8 Å². The van der Waals surface area contributed by atoms with Gasteiger partial charge in [-0.3, -0.25) is 4.79 Å². The average Bonchev–Trinajstić information content (AvgIpc) is 2.67. The van der Waals surface area contributed by atoms with Gasteiger partial charge in [-0.1, -0.05) is 18.2 Å². The summed E-state index contributed by atoms with van der Waals surface area (Å²) in [5, 5.41) is 0.787. The molecule has 0 aliphatic carbocycles. The molecule has 0 unspecified atom stereocenters. The number of nitrogens with zero attached hydrogens (tertiary/aromatic N) is 4. The van der Waals surface area contributed by atoms with E-state index in [1.54, 1.807) is 12.3 Å². The van der Waals surface area contributed by atoms with E-state index in [0.29, 0.717) is 17.4 Å². The highest BCUT2D eigenvalue weighted by Crippen LogP contribution is 2.30. The molecule has 1 aliphatic rings. The van der Waals surface area contributed by atoms with Crippen LogP contribution in [0.4, 0.5) is 11.8 Å². The molecular formula is C19H20N6O. The molecule has 2 aromatic heterocycles. The lowest BCUT2D eigenvalue weighted by Crippen LogP contribution is -2.34. The van der Waals surface area contributed by atoms with Gasteiger partial charge in [0.2, 0.25) is 11.9 Å². The summed E-state index contributed by atoms with van der Waals surface area (Å²) in [5.74, 6) is 1.02. The molecule has 1 fully saturated rings. The van der Waals surface area contributed by atoms with Crippen LogP contribution in [-0.2, 0) is 0 Å². The monoisotopic (exact) mass is 348 g/mol. The summed E-state index contributed by atoms with van der Waals surface area (Å²) in [6, 6.07) is 11.3. The van der Waals surface area contributed by atoms with Gasteiger partial charge in [-0.25, -0.2) is 15.0 Å². The molecule has 1 saturated heterocycles. The number of amides is 1. The van der Waals surface area contributed by atoms with E-state index >= 15 is 0 Å². The van der Waals surface area contributed by atoms with E-state index in [1.807, 2.05) is 30.3 Å². The Morgan fingerprint density at radius 3 is 2.62 bits per heavy atom. The fourth-order valence-electron chi connectivity index (χ4n) is 3.55. The van der Waals surface area contributed by atoms with E-state index in [1.165, 1.54) is 0 Å². The van der Waals surface area contributed by atoms with Gasteiger partial charge in [0.1, 0.15) is 5.82 Å². The number of hydrogen-bond acceptors (Lipinski definition) is 6. The minimum absolute atomic E-state index is 0.312. The number of rotatable bonds is 3. The van der Waals surface area contributed by atoms with Gasteiger partial charge in [-0.15, -0.1) is 0 Å². The minimum atomic E-state index is -0.434. The molecule has 0 spiro atoms. The molecule has 0 bridgehead atoms. The molecule has 0 saturated carbocycles. The summed E-state index contributed by atoms with van der Waals surface area (Å²) in [5.41, 5.74) is 13.6. The van der Waals surface area contributed by atoms with Crippen LogP contribution in [0.5, 0.6) is 0 Å². The smallest absolute Gasteiger partial charge is 0.249 e. The third-order valence-electron chi connectivity index (χ3n) is 4.90. The second-order valence-corrected chi connectivity index (χ2v) is 6.51. The molecule has 1 amide bonds. The van der Waals surface area contributed by atoms with Gasteiger partial charge in [-0.2, -0.15) is 0 Å². The van der Waals surface area contributed by atoms with E-state index in [0.717, 1.165) is 48.3 Å². The lowest BCUT2D eigenvalue weighted by Gasteiger charge is -2.33. The van der Waals surface area contributed by atoms with Crippen LogP contribution in [0.2, 0.25) is 0 Å². The van der Waals surface area contributed by atoms with Crippen molar-refractivity contribution in [2.45, 2.75) is 18.8 Å². The van der Waals surface area contributed by atoms with E-state index < -0.39 is 5.91 Å². The first kappa shape index (κ1) is 16.3. The predicted octanol–water partition coefficient (Wildman–Crippen LogP) is 2.09. The quantitative estimate of drug-likeness (QED) is 0.750. The molecule has 3 heterocycles. The Hall–Kier alpha value is -3.22. The molecule has 7 heteroatoms. The van der Waals surface area contributed by atoms with Crippen molar-refractivity contribution >= 4 is 28.6 Å². The van der Waals surface area contributed by atoms with Crippen LogP contribution in [0, 0.1) is 0 Å².